The highest BCUT2D eigenvalue weighted by Crippen LogP contribution is 2.08. The SMILES string of the molecule is CC(CCN)N1CCCN(C)C(=O)C1. The molecule has 1 unspecified atom stereocenters. The second kappa shape index (κ2) is 5.32. The highest BCUT2D eigenvalue weighted by molar-refractivity contribution is 5.78. The van der Waals surface area contributed by atoms with Gasteiger partial charge in [0.25, 0.3) is 0 Å². The summed E-state index contributed by atoms with van der Waals surface area (Å²) in [6.45, 7) is 5.28. The average molecular weight is 199 g/mol. The van der Waals surface area contributed by atoms with E-state index in [1.54, 1.807) is 0 Å². The molecule has 2 N–H and O–H groups in total. The van der Waals surface area contributed by atoms with Gasteiger partial charge in [-0.2, -0.15) is 0 Å². The molecule has 0 saturated carbocycles. The van der Waals surface area contributed by atoms with Crippen LogP contribution < -0.4 is 5.73 Å². The van der Waals surface area contributed by atoms with E-state index in [4.69, 9.17) is 5.73 Å². The molecule has 0 bridgehead atoms. The molecule has 0 aliphatic carbocycles. The molecule has 0 spiro atoms. The van der Waals surface area contributed by atoms with Crippen molar-refractivity contribution in [3.8, 4) is 0 Å². The number of carbonyl (C=O) groups is 1. The molecule has 1 aliphatic rings. The zero-order chi connectivity index (χ0) is 10.6. The molecule has 0 aromatic heterocycles. The maximum atomic E-state index is 11.6. The fourth-order valence-electron chi connectivity index (χ4n) is 1.81. The van der Waals surface area contributed by atoms with Gasteiger partial charge in [0.05, 0.1) is 6.54 Å². The van der Waals surface area contributed by atoms with E-state index in [0.717, 1.165) is 25.9 Å². The van der Waals surface area contributed by atoms with Gasteiger partial charge >= 0.3 is 0 Å². The topological polar surface area (TPSA) is 49.6 Å². The van der Waals surface area contributed by atoms with Gasteiger partial charge in [0.15, 0.2) is 0 Å². The fraction of sp³-hybridized carbons (Fsp3) is 0.900. The van der Waals surface area contributed by atoms with E-state index in [1.807, 2.05) is 11.9 Å². The maximum Gasteiger partial charge on any atom is 0.236 e. The molecule has 0 aromatic rings. The van der Waals surface area contributed by atoms with E-state index in [-0.39, 0.29) is 5.91 Å². The highest BCUT2D eigenvalue weighted by atomic mass is 16.2. The first-order valence-electron chi connectivity index (χ1n) is 5.33. The quantitative estimate of drug-likeness (QED) is 0.690. The first kappa shape index (κ1) is 11.5. The second-order valence-electron chi connectivity index (χ2n) is 4.07. The van der Waals surface area contributed by atoms with Gasteiger partial charge in [-0.3, -0.25) is 9.69 Å². The number of rotatable bonds is 3. The van der Waals surface area contributed by atoms with Gasteiger partial charge in [0, 0.05) is 26.2 Å². The Bertz CT molecular complexity index is 196. The van der Waals surface area contributed by atoms with E-state index in [9.17, 15) is 4.79 Å². The lowest BCUT2D eigenvalue weighted by Gasteiger charge is -2.26. The number of hydrogen-bond acceptors (Lipinski definition) is 3. The molecule has 1 amide bonds. The number of likely N-dealkylation sites (N-methyl/N-ethyl adjacent to an activating group) is 1. The lowest BCUT2D eigenvalue weighted by Crippen LogP contribution is -2.40. The third-order valence-corrected chi connectivity index (χ3v) is 2.91. The normalized spacial score (nSPS) is 22.2. The van der Waals surface area contributed by atoms with Crippen molar-refractivity contribution in [3.05, 3.63) is 0 Å². The predicted octanol–water partition coefficient (Wildman–Crippen LogP) is -0.112. The first-order chi connectivity index (χ1) is 6.65. The Labute approximate surface area is 86.0 Å². The van der Waals surface area contributed by atoms with E-state index in [2.05, 4.69) is 11.8 Å². The van der Waals surface area contributed by atoms with Crippen LogP contribution in [-0.2, 0) is 4.79 Å². The Morgan fingerprint density at radius 2 is 2.21 bits per heavy atom. The van der Waals surface area contributed by atoms with Crippen LogP contribution in [0.5, 0.6) is 0 Å². The number of carbonyl (C=O) groups excluding carboxylic acids is 1. The van der Waals surface area contributed by atoms with Gasteiger partial charge in [0.1, 0.15) is 0 Å². The van der Waals surface area contributed by atoms with Gasteiger partial charge in [0.2, 0.25) is 5.91 Å². The van der Waals surface area contributed by atoms with Crippen LogP contribution >= 0.6 is 0 Å². The zero-order valence-electron chi connectivity index (χ0n) is 9.20. The summed E-state index contributed by atoms with van der Waals surface area (Å²) >= 11 is 0. The van der Waals surface area contributed by atoms with Crippen LogP contribution in [0.15, 0.2) is 0 Å². The van der Waals surface area contributed by atoms with Crippen molar-refractivity contribution in [3.63, 3.8) is 0 Å². The molecule has 0 aromatic carbocycles. The summed E-state index contributed by atoms with van der Waals surface area (Å²) in [7, 11) is 1.87. The van der Waals surface area contributed by atoms with Gasteiger partial charge in [-0.15, -0.1) is 0 Å². The minimum absolute atomic E-state index is 0.228. The van der Waals surface area contributed by atoms with E-state index >= 15 is 0 Å². The monoisotopic (exact) mass is 199 g/mol. The molecule has 1 rings (SSSR count). The Morgan fingerprint density at radius 3 is 2.86 bits per heavy atom. The van der Waals surface area contributed by atoms with Crippen molar-refractivity contribution >= 4 is 5.91 Å². The van der Waals surface area contributed by atoms with Gasteiger partial charge in [-0.1, -0.05) is 0 Å². The molecular formula is C10H21N3O. The van der Waals surface area contributed by atoms with Crippen molar-refractivity contribution in [2.75, 3.05) is 33.2 Å². The summed E-state index contributed by atoms with van der Waals surface area (Å²) in [5.74, 6) is 0.228. The Morgan fingerprint density at radius 1 is 1.50 bits per heavy atom. The molecule has 82 valence electrons. The van der Waals surface area contributed by atoms with E-state index in [1.165, 1.54) is 0 Å². The molecule has 4 nitrogen and oxygen atoms in total. The maximum absolute atomic E-state index is 11.6. The van der Waals surface area contributed by atoms with Crippen LogP contribution in [0.3, 0.4) is 0 Å². The van der Waals surface area contributed by atoms with Gasteiger partial charge in [-0.05, 0) is 26.3 Å². The van der Waals surface area contributed by atoms with Crippen LogP contribution in [0.1, 0.15) is 19.8 Å². The van der Waals surface area contributed by atoms with Crippen LogP contribution in [-0.4, -0.2) is 55.0 Å². The minimum atomic E-state index is 0.228. The molecule has 1 fully saturated rings. The molecule has 4 heteroatoms. The van der Waals surface area contributed by atoms with Crippen molar-refractivity contribution in [2.45, 2.75) is 25.8 Å². The smallest absolute Gasteiger partial charge is 0.236 e. The summed E-state index contributed by atoms with van der Waals surface area (Å²) in [6.07, 6.45) is 2.04. The summed E-state index contributed by atoms with van der Waals surface area (Å²) in [5, 5.41) is 0. The summed E-state index contributed by atoms with van der Waals surface area (Å²) in [6, 6.07) is 0.426. The Hall–Kier alpha value is -0.610. The third-order valence-electron chi connectivity index (χ3n) is 2.91. The van der Waals surface area contributed by atoms with Gasteiger partial charge < -0.3 is 10.6 Å². The fourth-order valence-corrected chi connectivity index (χ4v) is 1.81. The molecule has 1 atom stereocenters. The van der Waals surface area contributed by atoms with Crippen molar-refractivity contribution in [1.82, 2.24) is 9.80 Å². The zero-order valence-corrected chi connectivity index (χ0v) is 9.20. The molecule has 14 heavy (non-hydrogen) atoms. The van der Waals surface area contributed by atoms with Crippen LogP contribution in [0.25, 0.3) is 0 Å². The predicted molar refractivity (Wildman–Crippen MR) is 57.0 cm³/mol. The minimum Gasteiger partial charge on any atom is -0.345 e. The highest BCUT2D eigenvalue weighted by Gasteiger charge is 2.21. The summed E-state index contributed by atoms with van der Waals surface area (Å²) < 4.78 is 0. The summed E-state index contributed by atoms with van der Waals surface area (Å²) in [4.78, 5) is 15.6. The number of amides is 1. The largest absolute Gasteiger partial charge is 0.345 e. The molecular weight excluding hydrogens is 178 g/mol. The van der Waals surface area contributed by atoms with E-state index in [0.29, 0.717) is 19.1 Å². The molecule has 1 saturated heterocycles. The second-order valence-corrected chi connectivity index (χ2v) is 4.07. The summed E-state index contributed by atoms with van der Waals surface area (Å²) in [5.41, 5.74) is 5.52. The Balaban J connectivity index is 2.49. The lowest BCUT2D eigenvalue weighted by atomic mass is 10.2. The van der Waals surface area contributed by atoms with Crippen molar-refractivity contribution in [2.24, 2.45) is 5.73 Å². The van der Waals surface area contributed by atoms with E-state index < -0.39 is 0 Å². The van der Waals surface area contributed by atoms with Gasteiger partial charge in [-0.25, -0.2) is 0 Å². The standard InChI is InChI=1S/C10H21N3O/c1-9(4-5-11)13-7-3-6-12(2)10(14)8-13/h9H,3-8,11H2,1-2H3. The Kier molecular flexibility index (Phi) is 4.35. The number of hydrogen-bond donors (Lipinski definition) is 1. The van der Waals surface area contributed by atoms with Crippen molar-refractivity contribution < 1.29 is 4.79 Å². The van der Waals surface area contributed by atoms with Crippen LogP contribution in [0.4, 0.5) is 0 Å². The first-order valence-corrected chi connectivity index (χ1v) is 5.33. The van der Waals surface area contributed by atoms with Crippen LogP contribution in [0, 0.1) is 0 Å². The lowest BCUT2D eigenvalue weighted by molar-refractivity contribution is -0.130. The molecule has 1 aliphatic heterocycles. The number of nitrogens with zero attached hydrogens (tertiary/aromatic N) is 2. The van der Waals surface area contributed by atoms with Crippen molar-refractivity contribution in [1.29, 1.82) is 0 Å². The van der Waals surface area contributed by atoms with Crippen LogP contribution in [0.2, 0.25) is 0 Å². The molecule has 1 heterocycles. The molecule has 0 radical (unpaired) electrons. The number of nitrogens with two attached hydrogens (primary N) is 1. The third kappa shape index (κ3) is 2.96. The average Bonchev–Trinajstić information content (AvgIpc) is 2.30.